The molecule has 1 aromatic heterocycles. The van der Waals surface area contributed by atoms with Gasteiger partial charge in [-0.3, -0.25) is 0 Å². The molecule has 1 rings (SSSR count). The Bertz CT molecular complexity index is 253. The molecule has 68 valence electrons. The summed E-state index contributed by atoms with van der Waals surface area (Å²) in [5, 5.41) is 0. The van der Waals surface area contributed by atoms with Crippen LogP contribution >= 0.6 is 0 Å². The van der Waals surface area contributed by atoms with Gasteiger partial charge >= 0.3 is 0 Å². The SMILES string of the molecule is C=Cn1cc[n+](CCC)c1C.[I-]. The molecule has 0 bridgehead atoms. The lowest BCUT2D eigenvalue weighted by Crippen LogP contribution is -3.00. The maximum Gasteiger partial charge on any atom is 0.257 e. The van der Waals surface area contributed by atoms with Crippen molar-refractivity contribution in [2.45, 2.75) is 26.8 Å². The Hall–Kier alpha value is -0.320. The number of rotatable bonds is 3. The van der Waals surface area contributed by atoms with E-state index in [-0.39, 0.29) is 24.0 Å². The van der Waals surface area contributed by atoms with Crippen LogP contribution in [0.2, 0.25) is 0 Å². The summed E-state index contributed by atoms with van der Waals surface area (Å²) in [6.07, 6.45) is 7.10. The minimum absolute atomic E-state index is 0. The fourth-order valence-corrected chi connectivity index (χ4v) is 1.19. The number of nitrogens with zero attached hydrogens (tertiary/aromatic N) is 2. The normalized spacial score (nSPS) is 9.17. The lowest BCUT2D eigenvalue weighted by molar-refractivity contribution is -0.702. The highest BCUT2D eigenvalue weighted by Crippen LogP contribution is 1.93. The Kier molecular flexibility index (Phi) is 5.20. The van der Waals surface area contributed by atoms with Crippen LogP contribution in [0, 0.1) is 6.92 Å². The van der Waals surface area contributed by atoms with E-state index in [1.807, 2.05) is 17.0 Å². The Morgan fingerprint density at radius 3 is 2.75 bits per heavy atom. The minimum Gasteiger partial charge on any atom is -1.00 e. The van der Waals surface area contributed by atoms with Crippen molar-refractivity contribution < 1.29 is 28.5 Å². The van der Waals surface area contributed by atoms with Gasteiger partial charge in [-0.05, 0) is 6.42 Å². The van der Waals surface area contributed by atoms with Gasteiger partial charge in [0.15, 0.2) is 0 Å². The van der Waals surface area contributed by atoms with Crippen LogP contribution in [-0.4, -0.2) is 4.57 Å². The third kappa shape index (κ3) is 2.33. The number of aryl methyl sites for hydroxylation is 1. The molecule has 0 saturated carbocycles. The average molecular weight is 278 g/mol. The second-order valence-electron chi connectivity index (χ2n) is 2.63. The highest BCUT2D eigenvalue weighted by atomic mass is 127. The molecule has 0 N–H and O–H groups in total. The molecule has 0 aliphatic carbocycles. The van der Waals surface area contributed by atoms with Gasteiger partial charge < -0.3 is 24.0 Å². The van der Waals surface area contributed by atoms with Crippen LogP contribution in [0.4, 0.5) is 0 Å². The Morgan fingerprint density at radius 2 is 2.33 bits per heavy atom. The molecule has 0 atom stereocenters. The molecule has 0 unspecified atom stereocenters. The highest BCUT2D eigenvalue weighted by Gasteiger charge is 2.07. The van der Waals surface area contributed by atoms with Crippen LogP contribution in [0.15, 0.2) is 19.0 Å². The van der Waals surface area contributed by atoms with E-state index in [1.54, 1.807) is 0 Å². The van der Waals surface area contributed by atoms with Gasteiger partial charge in [-0.25, -0.2) is 9.13 Å². The molecule has 1 aromatic rings. The van der Waals surface area contributed by atoms with Crippen molar-refractivity contribution in [2.75, 3.05) is 0 Å². The van der Waals surface area contributed by atoms with Crippen molar-refractivity contribution in [1.29, 1.82) is 0 Å². The van der Waals surface area contributed by atoms with Crippen molar-refractivity contribution in [1.82, 2.24) is 4.57 Å². The fourth-order valence-electron chi connectivity index (χ4n) is 1.19. The maximum absolute atomic E-state index is 3.71. The quantitative estimate of drug-likeness (QED) is 0.475. The summed E-state index contributed by atoms with van der Waals surface area (Å²) in [6, 6.07) is 0. The number of aromatic nitrogens is 2. The van der Waals surface area contributed by atoms with E-state index in [4.69, 9.17) is 0 Å². The van der Waals surface area contributed by atoms with E-state index < -0.39 is 0 Å². The van der Waals surface area contributed by atoms with Gasteiger partial charge in [0.25, 0.3) is 5.82 Å². The van der Waals surface area contributed by atoms with E-state index in [0.29, 0.717) is 0 Å². The largest absolute Gasteiger partial charge is 1.00 e. The first-order valence-corrected chi connectivity index (χ1v) is 3.99. The third-order valence-electron chi connectivity index (χ3n) is 1.86. The summed E-state index contributed by atoms with van der Waals surface area (Å²) in [4.78, 5) is 0. The number of imidazole rings is 1. The fraction of sp³-hybridized carbons (Fsp3) is 0.444. The summed E-state index contributed by atoms with van der Waals surface area (Å²) >= 11 is 0. The lowest BCUT2D eigenvalue weighted by Gasteiger charge is -1.93. The summed E-state index contributed by atoms with van der Waals surface area (Å²) in [7, 11) is 0. The van der Waals surface area contributed by atoms with Crippen LogP contribution < -0.4 is 28.5 Å². The summed E-state index contributed by atoms with van der Waals surface area (Å²) in [6.45, 7) is 9.08. The molecule has 3 heteroatoms. The summed E-state index contributed by atoms with van der Waals surface area (Å²) < 4.78 is 4.25. The zero-order valence-corrected chi connectivity index (χ0v) is 9.78. The molecule has 0 spiro atoms. The molecule has 1 heterocycles. The van der Waals surface area contributed by atoms with Crippen molar-refractivity contribution in [3.63, 3.8) is 0 Å². The standard InChI is InChI=1S/C9H15N2.HI/c1-4-6-11-8-7-10(5-2)9(11)3;/h5,7-8H,2,4,6H2,1,3H3;1H/q+1;/p-1. The zero-order chi connectivity index (χ0) is 8.27. The van der Waals surface area contributed by atoms with Gasteiger partial charge in [0.1, 0.15) is 12.4 Å². The second kappa shape index (κ2) is 5.35. The van der Waals surface area contributed by atoms with E-state index in [2.05, 4.69) is 31.2 Å². The van der Waals surface area contributed by atoms with Gasteiger partial charge in [-0.2, -0.15) is 0 Å². The van der Waals surface area contributed by atoms with Gasteiger partial charge in [0.2, 0.25) is 0 Å². The lowest BCUT2D eigenvalue weighted by atomic mass is 10.5. The third-order valence-corrected chi connectivity index (χ3v) is 1.86. The Balaban J connectivity index is 0.00000121. The topological polar surface area (TPSA) is 8.81 Å². The van der Waals surface area contributed by atoms with E-state index >= 15 is 0 Å². The monoisotopic (exact) mass is 278 g/mol. The van der Waals surface area contributed by atoms with Crippen LogP contribution in [0.5, 0.6) is 0 Å². The highest BCUT2D eigenvalue weighted by molar-refractivity contribution is 5.16. The predicted molar refractivity (Wildman–Crippen MR) is 46.0 cm³/mol. The molecule has 2 nitrogen and oxygen atoms in total. The molecule has 0 aromatic carbocycles. The van der Waals surface area contributed by atoms with Crippen molar-refractivity contribution in [2.24, 2.45) is 0 Å². The maximum atomic E-state index is 3.71. The van der Waals surface area contributed by atoms with Gasteiger partial charge in [-0.1, -0.05) is 13.5 Å². The minimum atomic E-state index is 0. The Labute approximate surface area is 90.9 Å². The second-order valence-corrected chi connectivity index (χ2v) is 2.63. The van der Waals surface area contributed by atoms with E-state index in [0.717, 1.165) is 6.54 Å². The van der Waals surface area contributed by atoms with Crippen molar-refractivity contribution >= 4 is 6.20 Å². The van der Waals surface area contributed by atoms with Crippen LogP contribution in [0.1, 0.15) is 19.2 Å². The zero-order valence-electron chi connectivity index (χ0n) is 7.63. The molecular formula is C9H15IN2. The molecular weight excluding hydrogens is 263 g/mol. The molecule has 0 fully saturated rings. The average Bonchev–Trinajstić information content (AvgIpc) is 2.34. The first-order chi connectivity index (χ1) is 5.29. The van der Waals surface area contributed by atoms with Gasteiger partial charge in [0, 0.05) is 6.92 Å². The molecule has 0 aliphatic heterocycles. The smallest absolute Gasteiger partial charge is 0.257 e. The van der Waals surface area contributed by atoms with Gasteiger partial charge in [-0.15, -0.1) is 0 Å². The van der Waals surface area contributed by atoms with E-state index in [1.165, 1.54) is 12.2 Å². The number of hydrogen-bond donors (Lipinski definition) is 0. The van der Waals surface area contributed by atoms with Crippen molar-refractivity contribution in [3.8, 4) is 0 Å². The summed E-state index contributed by atoms with van der Waals surface area (Å²) in [5.74, 6) is 1.24. The Morgan fingerprint density at radius 1 is 1.67 bits per heavy atom. The van der Waals surface area contributed by atoms with Crippen LogP contribution in [-0.2, 0) is 6.54 Å². The molecule has 12 heavy (non-hydrogen) atoms. The van der Waals surface area contributed by atoms with Crippen LogP contribution in [0.3, 0.4) is 0 Å². The first-order valence-electron chi connectivity index (χ1n) is 3.99. The van der Waals surface area contributed by atoms with Gasteiger partial charge in [0.05, 0.1) is 12.7 Å². The first kappa shape index (κ1) is 11.7. The molecule has 0 radical (unpaired) electrons. The molecule has 0 saturated heterocycles. The molecule has 0 aliphatic rings. The molecule has 0 amide bonds. The van der Waals surface area contributed by atoms with E-state index in [9.17, 15) is 0 Å². The number of halogens is 1. The number of hydrogen-bond acceptors (Lipinski definition) is 0. The van der Waals surface area contributed by atoms with Crippen LogP contribution in [0.25, 0.3) is 6.20 Å². The predicted octanol–water partition coefficient (Wildman–Crippen LogP) is -1.40. The summed E-state index contributed by atoms with van der Waals surface area (Å²) in [5.41, 5.74) is 0. The van der Waals surface area contributed by atoms with Crippen molar-refractivity contribution in [3.05, 3.63) is 24.8 Å².